The lowest BCUT2D eigenvalue weighted by Crippen LogP contribution is -2.36. The van der Waals surface area contributed by atoms with Gasteiger partial charge in [-0.05, 0) is 69.2 Å². The van der Waals surface area contributed by atoms with Crippen molar-refractivity contribution in [3.8, 4) is 34.6 Å². The molecule has 0 saturated carbocycles. The molecule has 0 fully saturated rings. The number of aliphatic hydroxyl groups is 1. The van der Waals surface area contributed by atoms with E-state index in [1.807, 2.05) is 67.5 Å². The van der Waals surface area contributed by atoms with E-state index in [-0.39, 0.29) is 24.2 Å². The molecule has 0 aliphatic carbocycles. The van der Waals surface area contributed by atoms with Crippen molar-refractivity contribution in [1.29, 1.82) is 0 Å². The molecule has 10 heteroatoms. The molecule has 3 aromatic rings. The highest BCUT2D eigenvalue weighted by Crippen LogP contribution is 2.44. The average molecular weight is 606 g/mol. The van der Waals surface area contributed by atoms with Crippen LogP contribution in [0.15, 0.2) is 48.5 Å². The molecule has 0 unspecified atom stereocenters. The fraction of sp³-hybridized carbons (Fsp3) is 0.394. The van der Waals surface area contributed by atoms with E-state index in [4.69, 9.17) is 19.2 Å². The highest BCUT2D eigenvalue weighted by atomic mass is 32.2. The molecule has 2 atom stereocenters. The number of hydrogen-bond donors (Lipinski definition) is 2. The van der Waals surface area contributed by atoms with Gasteiger partial charge in [0.2, 0.25) is 0 Å². The average Bonchev–Trinajstić information content (AvgIpc) is 3.36. The Morgan fingerprint density at radius 2 is 1.79 bits per heavy atom. The Labute approximate surface area is 256 Å². The van der Waals surface area contributed by atoms with Crippen LogP contribution in [0.3, 0.4) is 0 Å². The lowest BCUT2D eigenvalue weighted by Gasteiger charge is -2.30. The minimum absolute atomic E-state index is 0.0858. The molecule has 4 rings (SSSR count). The fourth-order valence-corrected chi connectivity index (χ4v) is 6.37. The van der Waals surface area contributed by atoms with E-state index in [1.54, 1.807) is 27.4 Å². The maximum Gasteiger partial charge on any atom is 0.269 e. The van der Waals surface area contributed by atoms with Gasteiger partial charge in [0.05, 0.1) is 37.3 Å². The molecule has 9 nitrogen and oxygen atoms in total. The first-order valence-corrected chi connectivity index (χ1v) is 15.2. The normalized spacial score (nSPS) is 15.3. The number of carbonyl (C=O) groups is 1. The summed E-state index contributed by atoms with van der Waals surface area (Å²) in [5, 5.41) is 12.9. The zero-order valence-electron chi connectivity index (χ0n) is 25.5. The molecule has 0 radical (unpaired) electrons. The second kappa shape index (κ2) is 14.1. The number of rotatable bonds is 10. The molecule has 0 spiro atoms. The van der Waals surface area contributed by atoms with E-state index >= 15 is 0 Å². The highest BCUT2D eigenvalue weighted by Gasteiger charge is 2.40. The molecule has 1 aliphatic rings. The molecule has 1 amide bonds. The maximum atomic E-state index is 13.6. The van der Waals surface area contributed by atoms with Crippen LogP contribution in [-0.2, 0) is 22.3 Å². The van der Waals surface area contributed by atoms with Crippen LogP contribution in [0.5, 0.6) is 11.5 Å². The molecule has 2 heterocycles. The Bertz CT molecular complexity index is 1560. The van der Waals surface area contributed by atoms with Gasteiger partial charge in [-0.2, -0.15) is 0 Å². The van der Waals surface area contributed by atoms with Gasteiger partial charge in [-0.3, -0.25) is 4.79 Å². The molecule has 1 aliphatic heterocycles. The Kier molecular flexibility index (Phi) is 10.6. The highest BCUT2D eigenvalue weighted by molar-refractivity contribution is 7.84. The number of methoxy groups -OCH3 is 3. The Morgan fingerprint density at radius 1 is 1.07 bits per heavy atom. The molecule has 0 bridgehead atoms. The number of nitrogens with zero attached hydrogens (tertiary/aromatic N) is 2. The summed E-state index contributed by atoms with van der Waals surface area (Å²) in [6.07, 6.45) is 0.377. The van der Waals surface area contributed by atoms with E-state index in [0.717, 1.165) is 27.8 Å². The lowest BCUT2D eigenvalue weighted by atomic mass is 9.95. The van der Waals surface area contributed by atoms with Crippen LogP contribution < -0.4 is 14.8 Å². The van der Waals surface area contributed by atoms with Crippen LogP contribution in [0.4, 0.5) is 0 Å². The van der Waals surface area contributed by atoms with Crippen LogP contribution in [0.1, 0.15) is 66.0 Å². The van der Waals surface area contributed by atoms with Crippen LogP contribution >= 0.6 is 0 Å². The Morgan fingerprint density at radius 3 is 2.44 bits per heavy atom. The van der Waals surface area contributed by atoms with Gasteiger partial charge < -0.3 is 24.6 Å². The van der Waals surface area contributed by atoms with Gasteiger partial charge >= 0.3 is 0 Å². The van der Waals surface area contributed by atoms with E-state index in [9.17, 15) is 14.1 Å². The molecule has 0 saturated heterocycles. The molecular weight excluding hydrogens is 566 g/mol. The fourth-order valence-electron chi connectivity index (χ4n) is 4.97. The second-order valence-corrected chi connectivity index (χ2v) is 13.2. The number of benzene rings is 2. The number of nitrogens with one attached hydrogen (secondary N) is 1. The predicted octanol–water partition coefficient (Wildman–Crippen LogP) is 4.24. The third-order valence-corrected chi connectivity index (χ3v) is 8.84. The monoisotopic (exact) mass is 605 g/mol. The number of hydrogen-bond acceptors (Lipinski definition) is 7. The standard InChI is InChI=1S/C33H39N3O6S/c1-33(2,3)43(39)36-21-25-20-26(32(38)34-15-17-40-4)35-31(30(25)27(36)14-16-37)24-9-7-8-22(18-24)10-11-23-12-13-28(41-5)29(19-23)42-6/h7-9,12-13,18-20,27,37H,14-17,21H2,1-6H3,(H,34,38)/t27-,43-/m0/s1. The van der Waals surface area contributed by atoms with Crippen molar-refractivity contribution in [2.45, 2.75) is 44.5 Å². The number of ether oxygens (including phenoxy) is 3. The summed E-state index contributed by atoms with van der Waals surface area (Å²) in [5.74, 6) is 7.30. The van der Waals surface area contributed by atoms with Crippen molar-refractivity contribution in [2.24, 2.45) is 0 Å². The van der Waals surface area contributed by atoms with Gasteiger partial charge in [0, 0.05) is 49.1 Å². The van der Waals surface area contributed by atoms with Crippen molar-refractivity contribution in [2.75, 3.05) is 41.1 Å². The smallest absolute Gasteiger partial charge is 0.269 e. The van der Waals surface area contributed by atoms with Gasteiger partial charge in [0.25, 0.3) is 5.91 Å². The summed E-state index contributed by atoms with van der Waals surface area (Å²) in [4.78, 5) is 18.0. The van der Waals surface area contributed by atoms with Gasteiger partial charge in [-0.15, -0.1) is 0 Å². The summed E-state index contributed by atoms with van der Waals surface area (Å²) in [6, 6.07) is 14.6. The Hall–Kier alpha value is -3.75. The number of aliphatic hydroxyl groups excluding tert-OH is 1. The molecule has 228 valence electrons. The summed E-state index contributed by atoms with van der Waals surface area (Å²) in [6.45, 7) is 6.79. The Balaban J connectivity index is 1.80. The predicted molar refractivity (Wildman–Crippen MR) is 167 cm³/mol. The zero-order chi connectivity index (χ0) is 31.1. The second-order valence-electron chi connectivity index (χ2n) is 11.0. The zero-order valence-corrected chi connectivity index (χ0v) is 26.3. The molecule has 1 aromatic heterocycles. The number of carbonyl (C=O) groups excluding carboxylic acids is 1. The van der Waals surface area contributed by atoms with Gasteiger partial charge in [-0.25, -0.2) is 13.5 Å². The first kappa shape index (κ1) is 32.2. The van der Waals surface area contributed by atoms with E-state index in [0.29, 0.717) is 43.3 Å². The maximum absolute atomic E-state index is 13.6. The van der Waals surface area contributed by atoms with E-state index < -0.39 is 15.7 Å². The van der Waals surface area contributed by atoms with Crippen molar-refractivity contribution >= 4 is 16.9 Å². The summed E-state index contributed by atoms with van der Waals surface area (Å²) >= 11 is 0. The third-order valence-electron chi connectivity index (χ3n) is 6.99. The minimum Gasteiger partial charge on any atom is -0.493 e. The summed E-state index contributed by atoms with van der Waals surface area (Å²) < 4.78 is 30.8. The lowest BCUT2D eigenvalue weighted by molar-refractivity contribution is 0.0932. The summed E-state index contributed by atoms with van der Waals surface area (Å²) in [7, 11) is 3.38. The number of pyridine rings is 1. The van der Waals surface area contributed by atoms with Gasteiger partial charge in [0.15, 0.2) is 11.5 Å². The van der Waals surface area contributed by atoms with Crippen molar-refractivity contribution < 1.29 is 28.3 Å². The van der Waals surface area contributed by atoms with Gasteiger partial charge in [-0.1, -0.05) is 24.0 Å². The van der Waals surface area contributed by atoms with Crippen LogP contribution in [-0.4, -0.2) is 70.3 Å². The van der Waals surface area contributed by atoms with E-state index in [1.165, 1.54) is 0 Å². The van der Waals surface area contributed by atoms with Crippen LogP contribution in [0.2, 0.25) is 0 Å². The number of fused-ring (bicyclic) bond motifs is 1. The van der Waals surface area contributed by atoms with Crippen molar-refractivity contribution in [3.63, 3.8) is 0 Å². The molecule has 43 heavy (non-hydrogen) atoms. The van der Waals surface area contributed by atoms with Crippen LogP contribution in [0, 0.1) is 11.8 Å². The topological polar surface area (TPSA) is 110 Å². The first-order valence-electron chi connectivity index (χ1n) is 14.1. The largest absolute Gasteiger partial charge is 0.493 e. The van der Waals surface area contributed by atoms with Crippen molar-refractivity contribution in [3.05, 3.63) is 76.5 Å². The van der Waals surface area contributed by atoms with Gasteiger partial charge in [0.1, 0.15) is 16.7 Å². The number of amides is 1. The number of aromatic nitrogens is 1. The SMILES string of the molecule is COCCNC(=O)c1cc2c(c(-c3cccc(C#Cc4ccc(OC)c(OC)c4)c3)n1)[C@H](CCO)N([S@@](=O)C(C)(C)C)C2. The molecule has 2 N–H and O–H groups in total. The quantitative estimate of drug-likeness (QED) is 0.263. The summed E-state index contributed by atoms with van der Waals surface area (Å²) in [5.41, 5.74) is 4.89. The third kappa shape index (κ3) is 7.43. The van der Waals surface area contributed by atoms with Crippen molar-refractivity contribution in [1.82, 2.24) is 14.6 Å². The first-order chi connectivity index (χ1) is 20.6. The minimum atomic E-state index is -1.36. The van der Waals surface area contributed by atoms with E-state index in [2.05, 4.69) is 17.2 Å². The van der Waals surface area contributed by atoms with Crippen LogP contribution in [0.25, 0.3) is 11.3 Å². The molecular formula is C33H39N3O6S. The molecule has 2 aromatic carbocycles.